The van der Waals surface area contributed by atoms with Gasteiger partial charge in [-0.2, -0.15) is 5.26 Å². The molecule has 0 fully saturated rings. The topological polar surface area (TPSA) is 87.3 Å². The van der Waals surface area contributed by atoms with Crippen LogP contribution >= 0.6 is 0 Å². The quantitative estimate of drug-likeness (QED) is 0.143. The Labute approximate surface area is 278 Å². The van der Waals surface area contributed by atoms with E-state index in [0.29, 0.717) is 11.4 Å². The fraction of sp³-hybridized carbons (Fsp3) is 0.0233. The highest BCUT2D eigenvalue weighted by Crippen LogP contribution is 2.38. The molecule has 2 heterocycles. The number of nitrogens with one attached hydrogen (secondary N) is 1. The molecular weight excluding hydrogens is 589 g/mol. The zero-order chi connectivity index (χ0) is 32.5. The van der Waals surface area contributed by atoms with E-state index < -0.39 is 0 Å². The largest absolute Gasteiger partial charge is 0.455 e. The van der Waals surface area contributed by atoms with Crippen LogP contribution in [0.4, 0.5) is 0 Å². The minimum atomic E-state index is -0.279. The molecule has 7 aromatic rings. The van der Waals surface area contributed by atoms with Crippen LogP contribution in [0.25, 0.3) is 60.9 Å². The van der Waals surface area contributed by atoms with E-state index in [9.17, 15) is 5.26 Å². The highest BCUT2D eigenvalue weighted by Gasteiger charge is 2.17. The molecule has 1 unspecified atom stereocenters. The third-order valence-corrected chi connectivity index (χ3v) is 8.81. The molecule has 0 radical (unpaired) electrons. The Morgan fingerprint density at radius 3 is 2.15 bits per heavy atom. The number of hydrogen-bond acceptors (Lipinski definition) is 4. The summed E-state index contributed by atoms with van der Waals surface area (Å²) in [5, 5.41) is 14.7. The number of fused-ring (bicyclic) bond motifs is 3. The Balaban J connectivity index is 1.11. The Bertz CT molecular complexity index is 2440. The molecule has 0 bridgehead atoms. The van der Waals surface area contributed by atoms with Crippen molar-refractivity contribution in [1.82, 2.24) is 5.32 Å². The van der Waals surface area contributed by atoms with E-state index in [1.165, 1.54) is 0 Å². The molecule has 6 aromatic carbocycles. The minimum absolute atomic E-state index is 0.279. The standard InChI is InChI=1S/C43H30N4O/c44-27-28-17-19-30(20-18-28)36-14-6-15-38-39-26-34(21-22-40(39)48-41(36)38)32-11-4-10-31(24-32)33-12-5-13-35(25-33)42(45)47-43-37(16-7-23-46-43)29-8-2-1-3-9-29/h1-26,43,46H,(H2,45,47). The van der Waals surface area contributed by atoms with Crippen molar-refractivity contribution in [2.75, 3.05) is 0 Å². The molecule has 0 aliphatic carbocycles. The van der Waals surface area contributed by atoms with Crippen molar-refractivity contribution >= 4 is 33.3 Å². The molecule has 5 heteroatoms. The van der Waals surface area contributed by atoms with E-state index in [4.69, 9.17) is 15.1 Å². The third kappa shape index (κ3) is 5.42. The van der Waals surface area contributed by atoms with Crippen LogP contribution in [-0.4, -0.2) is 12.0 Å². The number of dihydropyridines is 1. The summed E-state index contributed by atoms with van der Waals surface area (Å²) in [6.07, 6.45) is 5.68. The van der Waals surface area contributed by atoms with Crippen LogP contribution in [0.5, 0.6) is 0 Å². The molecule has 3 N–H and O–H groups in total. The lowest BCUT2D eigenvalue weighted by atomic mass is 9.96. The number of nitrogens with zero attached hydrogens (tertiary/aromatic N) is 2. The molecule has 0 spiro atoms. The fourth-order valence-electron chi connectivity index (χ4n) is 6.35. The molecule has 5 nitrogen and oxygen atoms in total. The summed E-state index contributed by atoms with van der Waals surface area (Å²) in [5.74, 6) is 0.472. The Kier molecular flexibility index (Phi) is 7.37. The number of nitriles is 1. The van der Waals surface area contributed by atoms with Crippen LogP contribution in [0.15, 0.2) is 167 Å². The van der Waals surface area contributed by atoms with E-state index >= 15 is 0 Å². The predicted molar refractivity (Wildman–Crippen MR) is 196 cm³/mol. The van der Waals surface area contributed by atoms with E-state index in [2.05, 4.69) is 96.3 Å². The number of nitrogens with two attached hydrogens (primary N) is 1. The Morgan fingerprint density at radius 1 is 0.667 bits per heavy atom. The van der Waals surface area contributed by atoms with Gasteiger partial charge < -0.3 is 15.5 Å². The maximum Gasteiger partial charge on any atom is 0.147 e. The first-order chi connectivity index (χ1) is 23.6. The van der Waals surface area contributed by atoms with E-state index in [1.54, 1.807) is 0 Å². The average molecular weight is 619 g/mol. The average Bonchev–Trinajstić information content (AvgIpc) is 3.54. The summed E-state index contributed by atoms with van der Waals surface area (Å²) in [7, 11) is 0. The van der Waals surface area contributed by atoms with Crippen molar-refractivity contribution in [1.29, 1.82) is 5.26 Å². The van der Waals surface area contributed by atoms with Crippen molar-refractivity contribution in [3.63, 3.8) is 0 Å². The zero-order valence-electron chi connectivity index (χ0n) is 26.0. The van der Waals surface area contributed by atoms with Crippen LogP contribution in [0.1, 0.15) is 16.7 Å². The van der Waals surface area contributed by atoms with Gasteiger partial charge >= 0.3 is 0 Å². The molecule has 228 valence electrons. The molecule has 1 aliphatic rings. The number of rotatable bonds is 6. The van der Waals surface area contributed by atoms with Crippen molar-refractivity contribution in [2.45, 2.75) is 6.17 Å². The highest BCUT2D eigenvalue weighted by molar-refractivity contribution is 6.10. The van der Waals surface area contributed by atoms with Gasteiger partial charge in [0.2, 0.25) is 0 Å². The highest BCUT2D eigenvalue weighted by atomic mass is 16.3. The number of benzene rings is 6. The molecule has 0 amide bonds. The number of para-hydroxylation sites is 1. The fourth-order valence-corrected chi connectivity index (χ4v) is 6.35. The van der Waals surface area contributed by atoms with Gasteiger partial charge in [0.15, 0.2) is 0 Å². The van der Waals surface area contributed by atoms with Gasteiger partial charge in [0.05, 0.1) is 11.6 Å². The molecule has 1 aliphatic heterocycles. The van der Waals surface area contributed by atoms with Crippen molar-refractivity contribution in [2.24, 2.45) is 10.7 Å². The van der Waals surface area contributed by atoms with Crippen LogP contribution in [0, 0.1) is 11.3 Å². The second-order valence-electron chi connectivity index (χ2n) is 11.8. The van der Waals surface area contributed by atoms with Gasteiger partial charge in [-0.25, -0.2) is 4.99 Å². The zero-order valence-corrected chi connectivity index (χ0v) is 26.0. The van der Waals surface area contributed by atoms with Crippen LogP contribution in [0.3, 0.4) is 0 Å². The van der Waals surface area contributed by atoms with Gasteiger partial charge in [-0.15, -0.1) is 0 Å². The predicted octanol–water partition coefficient (Wildman–Crippen LogP) is 9.69. The number of furan rings is 1. The van der Waals surface area contributed by atoms with Crippen molar-refractivity contribution < 1.29 is 4.42 Å². The van der Waals surface area contributed by atoms with Gasteiger partial charge in [-0.05, 0) is 82.1 Å². The van der Waals surface area contributed by atoms with E-state index in [1.807, 2.05) is 72.9 Å². The minimum Gasteiger partial charge on any atom is -0.455 e. The molecule has 48 heavy (non-hydrogen) atoms. The monoisotopic (exact) mass is 618 g/mol. The van der Waals surface area contributed by atoms with Crippen LogP contribution in [0.2, 0.25) is 0 Å². The lowest BCUT2D eigenvalue weighted by Crippen LogP contribution is -2.29. The second-order valence-corrected chi connectivity index (χ2v) is 11.8. The summed E-state index contributed by atoms with van der Waals surface area (Å²) in [5.41, 5.74) is 18.3. The molecule has 8 rings (SSSR count). The number of amidine groups is 1. The molecule has 0 saturated heterocycles. The first-order valence-electron chi connectivity index (χ1n) is 15.8. The van der Waals surface area contributed by atoms with E-state index in [-0.39, 0.29) is 6.17 Å². The number of hydrogen-bond donors (Lipinski definition) is 2. The SMILES string of the molecule is N#Cc1ccc(-c2cccc3c2oc2ccc(-c4cccc(-c5cccc(C(N)=NC6NC=CC=C6c6ccccc6)c5)c4)cc23)cc1. The normalized spacial score (nSPS) is 14.4. The lowest BCUT2D eigenvalue weighted by Gasteiger charge is -2.21. The first kappa shape index (κ1) is 28.8. The first-order valence-corrected chi connectivity index (χ1v) is 15.8. The molecule has 1 aromatic heterocycles. The number of aliphatic imine (C=N–C) groups is 1. The van der Waals surface area contributed by atoms with Gasteiger partial charge in [-0.1, -0.05) is 109 Å². The number of allylic oxidation sites excluding steroid dienone is 2. The van der Waals surface area contributed by atoms with Crippen molar-refractivity contribution in [3.05, 3.63) is 175 Å². The Hall–Kier alpha value is -6.64. The maximum atomic E-state index is 9.21. The van der Waals surface area contributed by atoms with Crippen molar-refractivity contribution in [3.8, 4) is 39.4 Å². The second kappa shape index (κ2) is 12.3. The summed E-state index contributed by atoms with van der Waals surface area (Å²) in [6.45, 7) is 0. The lowest BCUT2D eigenvalue weighted by molar-refractivity contribution is 0.670. The molecule has 1 atom stereocenters. The molecule has 0 saturated carbocycles. The molecular formula is C43H30N4O. The van der Waals surface area contributed by atoms with Gasteiger partial charge in [-0.3, -0.25) is 0 Å². The van der Waals surface area contributed by atoms with E-state index in [0.717, 1.165) is 72.0 Å². The maximum absolute atomic E-state index is 9.21. The van der Waals surface area contributed by atoms with Gasteiger partial charge in [0.25, 0.3) is 0 Å². The van der Waals surface area contributed by atoms with Gasteiger partial charge in [0.1, 0.15) is 23.2 Å². The van der Waals surface area contributed by atoms with Crippen LogP contribution < -0.4 is 11.1 Å². The summed E-state index contributed by atoms with van der Waals surface area (Å²) < 4.78 is 6.40. The summed E-state index contributed by atoms with van der Waals surface area (Å²) >= 11 is 0. The van der Waals surface area contributed by atoms with Crippen LogP contribution in [-0.2, 0) is 0 Å². The van der Waals surface area contributed by atoms with Gasteiger partial charge in [0, 0.05) is 27.5 Å². The summed E-state index contributed by atoms with van der Waals surface area (Å²) in [4.78, 5) is 4.89. The summed E-state index contributed by atoms with van der Waals surface area (Å²) in [6, 6.07) is 49.4. The Morgan fingerprint density at radius 2 is 1.35 bits per heavy atom. The third-order valence-electron chi connectivity index (χ3n) is 8.81. The smallest absolute Gasteiger partial charge is 0.147 e.